The summed E-state index contributed by atoms with van der Waals surface area (Å²) < 4.78 is 10.6. The van der Waals surface area contributed by atoms with Gasteiger partial charge in [0.15, 0.2) is 0 Å². The van der Waals surface area contributed by atoms with E-state index >= 15 is 0 Å². The molecule has 48 heavy (non-hydrogen) atoms. The predicted molar refractivity (Wildman–Crippen MR) is 192 cm³/mol. The van der Waals surface area contributed by atoms with Crippen LogP contribution in [0.1, 0.15) is 56.6 Å². The van der Waals surface area contributed by atoms with Gasteiger partial charge in [-0.05, 0) is 78.1 Å². The van der Waals surface area contributed by atoms with Crippen LogP contribution in [0, 0.1) is 31.4 Å². The van der Waals surface area contributed by atoms with Gasteiger partial charge in [-0.1, -0.05) is 82.1 Å². The Kier molecular flexibility index (Phi) is 9.45. The summed E-state index contributed by atoms with van der Waals surface area (Å²) in [4.78, 5) is 4.83. The monoisotopic (exact) mass is 811 g/mol. The molecule has 0 saturated heterocycles. The molecule has 0 unspecified atom stereocenters. The number of rotatable bonds is 8. The summed E-state index contributed by atoms with van der Waals surface area (Å²) in [6.45, 7) is 13.2. The molecule has 0 saturated carbocycles. The normalized spacial score (nSPS) is 11.6. The standard InChI is InChI=1S/C42H40N4O.Pt/c1-7-12-30-21-22-43-40(24-30)45-38-20-17-31(27-42(4,5)6)23-37(38)36-19-18-35(26-39(36)45)47-34-16-11-15-33(25-34)46-29(3)41(28(2)44-46)32-13-9-8-10-14-32;/h8-11,13-24H,7,12,27H2,1-6H3;/q-2;+2. The van der Waals surface area contributed by atoms with Crippen molar-refractivity contribution in [2.45, 2.75) is 60.8 Å². The third-order valence-electron chi connectivity index (χ3n) is 8.58. The maximum atomic E-state index is 6.46. The van der Waals surface area contributed by atoms with Crippen LogP contribution >= 0.6 is 0 Å². The molecule has 0 fully saturated rings. The fraction of sp³-hybridized carbons (Fsp3) is 0.238. The van der Waals surface area contributed by atoms with Crippen molar-refractivity contribution in [3.63, 3.8) is 0 Å². The van der Waals surface area contributed by atoms with E-state index < -0.39 is 0 Å². The third-order valence-corrected chi connectivity index (χ3v) is 8.58. The van der Waals surface area contributed by atoms with E-state index in [0.29, 0.717) is 11.5 Å². The molecule has 3 aromatic heterocycles. The molecule has 244 valence electrons. The van der Waals surface area contributed by atoms with Crippen LogP contribution < -0.4 is 4.74 Å². The zero-order valence-electron chi connectivity index (χ0n) is 28.4. The number of nitrogens with zero attached hydrogens (tertiary/aromatic N) is 4. The van der Waals surface area contributed by atoms with Gasteiger partial charge < -0.3 is 9.30 Å². The first kappa shape index (κ1) is 33.4. The Labute approximate surface area is 297 Å². The van der Waals surface area contributed by atoms with Crippen molar-refractivity contribution in [1.82, 2.24) is 19.3 Å². The quantitative estimate of drug-likeness (QED) is 0.144. The molecule has 0 aliphatic carbocycles. The molecule has 0 aliphatic heterocycles. The fourth-order valence-corrected chi connectivity index (χ4v) is 6.66. The van der Waals surface area contributed by atoms with Crippen molar-refractivity contribution in [3.05, 3.63) is 132 Å². The van der Waals surface area contributed by atoms with Crippen molar-refractivity contribution in [2.75, 3.05) is 0 Å². The Balaban J connectivity index is 0.00000401. The average Bonchev–Trinajstić information content (AvgIpc) is 3.53. The van der Waals surface area contributed by atoms with Crippen LogP contribution in [0.5, 0.6) is 11.5 Å². The van der Waals surface area contributed by atoms with E-state index in [1.165, 1.54) is 16.5 Å². The molecule has 0 amide bonds. The van der Waals surface area contributed by atoms with Crippen molar-refractivity contribution < 1.29 is 25.8 Å². The largest absolute Gasteiger partial charge is 2.00 e. The van der Waals surface area contributed by atoms with Gasteiger partial charge in [0.1, 0.15) is 5.82 Å². The molecule has 4 aromatic carbocycles. The second kappa shape index (κ2) is 13.6. The van der Waals surface area contributed by atoms with Crippen LogP contribution in [-0.4, -0.2) is 19.3 Å². The van der Waals surface area contributed by atoms with Crippen LogP contribution in [0.2, 0.25) is 0 Å². The van der Waals surface area contributed by atoms with Crippen LogP contribution in [-0.2, 0) is 33.9 Å². The topological polar surface area (TPSA) is 44.9 Å². The number of aryl methyl sites for hydroxylation is 2. The first-order valence-electron chi connectivity index (χ1n) is 16.5. The summed E-state index contributed by atoms with van der Waals surface area (Å²) in [5, 5.41) is 7.20. The molecular formula is C42H40N4OPt. The van der Waals surface area contributed by atoms with Gasteiger partial charge in [-0.3, -0.25) is 4.68 Å². The van der Waals surface area contributed by atoms with Crippen LogP contribution in [0.25, 0.3) is 44.4 Å². The Bertz CT molecular complexity index is 2220. The second-order valence-corrected chi connectivity index (χ2v) is 13.6. The molecule has 0 atom stereocenters. The molecule has 0 radical (unpaired) electrons. The van der Waals surface area contributed by atoms with Crippen LogP contribution in [0.15, 0.2) is 97.2 Å². The molecule has 6 heteroatoms. The summed E-state index contributed by atoms with van der Waals surface area (Å²) in [6, 6.07) is 38.6. The van der Waals surface area contributed by atoms with Gasteiger partial charge in [-0.25, -0.2) is 4.98 Å². The predicted octanol–water partition coefficient (Wildman–Crippen LogP) is 10.6. The average molecular weight is 812 g/mol. The van der Waals surface area contributed by atoms with E-state index in [-0.39, 0.29) is 26.5 Å². The molecular weight excluding hydrogens is 772 g/mol. The van der Waals surface area contributed by atoms with Crippen LogP contribution in [0.4, 0.5) is 0 Å². The van der Waals surface area contributed by atoms with Gasteiger partial charge in [0, 0.05) is 34.5 Å². The molecule has 5 nitrogen and oxygen atoms in total. The zero-order chi connectivity index (χ0) is 32.7. The molecule has 0 spiro atoms. The molecule has 3 heterocycles. The van der Waals surface area contributed by atoms with E-state index in [2.05, 4.69) is 112 Å². The molecule has 7 aromatic rings. The Morgan fingerprint density at radius 2 is 1.58 bits per heavy atom. The number of hydrogen-bond donors (Lipinski definition) is 0. The van der Waals surface area contributed by atoms with Crippen molar-refractivity contribution in [3.8, 4) is 34.1 Å². The van der Waals surface area contributed by atoms with Gasteiger partial charge in [0.2, 0.25) is 0 Å². The third kappa shape index (κ3) is 6.62. The van der Waals surface area contributed by atoms with Crippen molar-refractivity contribution >= 4 is 21.8 Å². The fourth-order valence-electron chi connectivity index (χ4n) is 6.66. The van der Waals surface area contributed by atoms with Crippen molar-refractivity contribution in [2.24, 2.45) is 5.41 Å². The minimum Gasteiger partial charge on any atom is -0.509 e. The summed E-state index contributed by atoms with van der Waals surface area (Å²) in [5.41, 5.74) is 9.98. The number of pyridine rings is 1. The number of benzene rings is 4. The second-order valence-electron chi connectivity index (χ2n) is 13.6. The van der Waals surface area contributed by atoms with Gasteiger partial charge in [-0.15, -0.1) is 35.7 Å². The smallest absolute Gasteiger partial charge is 0.509 e. The number of aromatic nitrogens is 4. The van der Waals surface area contributed by atoms with Gasteiger partial charge in [-0.2, -0.15) is 17.2 Å². The Morgan fingerprint density at radius 1 is 0.792 bits per heavy atom. The Hall–Kier alpha value is -4.47. The zero-order valence-corrected chi connectivity index (χ0v) is 30.6. The van der Waals surface area contributed by atoms with Gasteiger partial charge in [0.05, 0.1) is 5.69 Å². The van der Waals surface area contributed by atoms with E-state index in [1.807, 2.05) is 48.1 Å². The van der Waals surface area contributed by atoms with Crippen molar-refractivity contribution in [1.29, 1.82) is 0 Å². The first-order valence-corrected chi connectivity index (χ1v) is 16.5. The molecule has 0 N–H and O–H groups in total. The van der Waals surface area contributed by atoms with E-state index in [9.17, 15) is 0 Å². The Morgan fingerprint density at radius 3 is 2.35 bits per heavy atom. The van der Waals surface area contributed by atoms with Gasteiger partial charge in [0.25, 0.3) is 0 Å². The van der Waals surface area contributed by atoms with E-state index in [4.69, 9.17) is 14.8 Å². The molecule has 7 rings (SSSR count). The van der Waals surface area contributed by atoms with Gasteiger partial charge >= 0.3 is 21.1 Å². The first-order chi connectivity index (χ1) is 22.7. The SMILES string of the molecule is CCCc1ccnc(-n2c3[c-]c(Oc4[c-]c(-n5nc(C)c(-c6ccccc6)c5C)ccc4)ccc3c3cc(CC(C)(C)C)ccc32)c1.[Pt+2]. The van der Waals surface area contributed by atoms with E-state index in [1.54, 1.807) is 0 Å². The van der Waals surface area contributed by atoms with E-state index in [0.717, 1.165) is 69.7 Å². The number of hydrogen-bond acceptors (Lipinski definition) is 3. The number of fused-ring (bicyclic) bond motifs is 3. The minimum atomic E-state index is 0. The number of ether oxygens (including phenoxy) is 1. The summed E-state index contributed by atoms with van der Waals surface area (Å²) >= 11 is 0. The summed E-state index contributed by atoms with van der Waals surface area (Å²) in [7, 11) is 0. The minimum absolute atomic E-state index is 0. The molecule has 0 bridgehead atoms. The summed E-state index contributed by atoms with van der Waals surface area (Å²) in [5.74, 6) is 2.11. The molecule has 0 aliphatic rings. The summed E-state index contributed by atoms with van der Waals surface area (Å²) in [6.07, 6.45) is 5.00. The van der Waals surface area contributed by atoms with Crippen LogP contribution in [0.3, 0.4) is 0 Å². The maximum absolute atomic E-state index is 6.46. The maximum Gasteiger partial charge on any atom is 2.00 e.